The van der Waals surface area contributed by atoms with E-state index in [2.05, 4.69) is 17.1 Å². The first-order valence-electron chi connectivity index (χ1n) is 8.35. The molecule has 2 heterocycles. The van der Waals surface area contributed by atoms with E-state index in [-0.39, 0.29) is 23.8 Å². The summed E-state index contributed by atoms with van der Waals surface area (Å²) in [6.45, 7) is 10.1. The number of likely N-dealkylation sites (tertiary alicyclic amines) is 1. The van der Waals surface area contributed by atoms with Gasteiger partial charge in [-0.2, -0.15) is 0 Å². The molecular weight excluding hydrogens is 266 g/mol. The van der Waals surface area contributed by atoms with Crippen molar-refractivity contribution < 1.29 is 9.59 Å². The smallest absolute Gasteiger partial charge is 0.245 e. The van der Waals surface area contributed by atoms with Crippen LogP contribution in [-0.2, 0) is 9.59 Å². The summed E-state index contributed by atoms with van der Waals surface area (Å²) in [5.41, 5.74) is 0. The van der Waals surface area contributed by atoms with Crippen molar-refractivity contribution in [2.75, 3.05) is 26.2 Å². The second-order valence-electron chi connectivity index (χ2n) is 6.64. The molecule has 2 amide bonds. The predicted molar refractivity (Wildman–Crippen MR) is 82.9 cm³/mol. The molecule has 5 heteroatoms. The van der Waals surface area contributed by atoms with Gasteiger partial charge in [0, 0.05) is 32.1 Å². The first-order valence-corrected chi connectivity index (χ1v) is 8.35. The number of carbonyl (C=O) groups excluding carboxylic acids is 2. The SMILES string of the molecule is CCCN1CCC(N2CCC(=O)NC(C(C)C)C2=O)CC1. The number of carbonyl (C=O) groups is 2. The van der Waals surface area contributed by atoms with Crippen LogP contribution in [0.25, 0.3) is 0 Å². The zero-order valence-electron chi connectivity index (χ0n) is 13.6. The molecule has 2 rings (SSSR count). The first-order chi connectivity index (χ1) is 10.0. The number of hydrogen-bond acceptors (Lipinski definition) is 3. The average Bonchev–Trinajstić information content (AvgIpc) is 2.60. The molecule has 2 fully saturated rings. The first kappa shape index (κ1) is 16.3. The van der Waals surface area contributed by atoms with Crippen LogP contribution in [0, 0.1) is 5.92 Å². The second-order valence-corrected chi connectivity index (χ2v) is 6.64. The molecule has 2 aliphatic rings. The van der Waals surface area contributed by atoms with E-state index in [0.717, 1.165) is 32.5 Å². The average molecular weight is 295 g/mol. The Morgan fingerprint density at radius 2 is 1.86 bits per heavy atom. The molecule has 5 nitrogen and oxygen atoms in total. The molecule has 0 aliphatic carbocycles. The molecule has 21 heavy (non-hydrogen) atoms. The highest BCUT2D eigenvalue weighted by Gasteiger charge is 2.36. The van der Waals surface area contributed by atoms with Crippen molar-refractivity contribution in [1.29, 1.82) is 0 Å². The van der Waals surface area contributed by atoms with E-state index >= 15 is 0 Å². The minimum Gasteiger partial charge on any atom is -0.344 e. The Bertz CT molecular complexity index is 376. The van der Waals surface area contributed by atoms with Gasteiger partial charge in [0.25, 0.3) is 0 Å². The van der Waals surface area contributed by atoms with Crippen LogP contribution in [0.1, 0.15) is 46.5 Å². The molecule has 1 N–H and O–H groups in total. The van der Waals surface area contributed by atoms with E-state index in [0.29, 0.717) is 19.0 Å². The van der Waals surface area contributed by atoms with Crippen LogP contribution in [0.5, 0.6) is 0 Å². The Kier molecular flexibility index (Phi) is 5.62. The minimum absolute atomic E-state index is 0.00738. The van der Waals surface area contributed by atoms with Gasteiger partial charge in [-0.25, -0.2) is 0 Å². The third-order valence-corrected chi connectivity index (χ3v) is 4.65. The van der Waals surface area contributed by atoms with Crippen LogP contribution in [0.3, 0.4) is 0 Å². The van der Waals surface area contributed by atoms with Crippen LogP contribution >= 0.6 is 0 Å². The molecule has 0 aromatic rings. The monoisotopic (exact) mass is 295 g/mol. The van der Waals surface area contributed by atoms with Crippen LogP contribution < -0.4 is 5.32 Å². The fourth-order valence-corrected chi connectivity index (χ4v) is 3.40. The number of amides is 2. The summed E-state index contributed by atoms with van der Waals surface area (Å²) in [7, 11) is 0. The molecule has 120 valence electrons. The lowest BCUT2D eigenvalue weighted by Gasteiger charge is -2.39. The molecular formula is C16H29N3O2. The van der Waals surface area contributed by atoms with E-state index in [1.54, 1.807) is 0 Å². The largest absolute Gasteiger partial charge is 0.344 e. The number of hydrogen-bond donors (Lipinski definition) is 1. The summed E-state index contributed by atoms with van der Waals surface area (Å²) in [6, 6.07) is -0.0479. The van der Waals surface area contributed by atoms with E-state index < -0.39 is 0 Å². The molecule has 1 unspecified atom stereocenters. The molecule has 2 aliphatic heterocycles. The summed E-state index contributed by atoms with van der Waals surface area (Å²) in [6.07, 6.45) is 3.68. The zero-order valence-corrected chi connectivity index (χ0v) is 13.6. The lowest BCUT2D eigenvalue weighted by Crippen LogP contribution is -2.53. The van der Waals surface area contributed by atoms with Gasteiger partial charge in [-0.3, -0.25) is 9.59 Å². The number of rotatable bonds is 4. The van der Waals surface area contributed by atoms with Crippen molar-refractivity contribution in [2.24, 2.45) is 5.92 Å². The minimum atomic E-state index is -0.353. The van der Waals surface area contributed by atoms with Gasteiger partial charge in [0.2, 0.25) is 11.8 Å². The maximum Gasteiger partial charge on any atom is 0.245 e. The topological polar surface area (TPSA) is 52.6 Å². The molecule has 2 saturated heterocycles. The number of piperidine rings is 1. The molecule has 0 aromatic heterocycles. The molecule has 0 spiro atoms. The van der Waals surface area contributed by atoms with Gasteiger partial charge < -0.3 is 15.1 Å². The maximum absolute atomic E-state index is 12.7. The maximum atomic E-state index is 12.7. The molecule has 0 bridgehead atoms. The van der Waals surface area contributed by atoms with Crippen molar-refractivity contribution in [1.82, 2.24) is 15.1 Å². The number of nitrogens with zero attached hydrogens (tertiary/aromatic N) is 2. The molecule has 1 atom stereocenters. The Morgan fingerprint density at radius 1 is 1.19 bits per heavy atom. The zero-order chi connectivity index (χ0) is 15.4. The Morgan fingerprint density at radius 3 is 2.43 bits per heavy atom. The van der Waals surface area contributed by atoms with Crippen molar-refractivity contribution in [3.8, 4) is 0 Å². The summed E-state index contributed by atoms with van der Waals surface area (Å²) < 4.78 is 0. The fourth-order valence-electron chi connectivity index (χ4n) is 3.40. The molecule has 0 radical (unpaired) electrons. The Hall–Kier alpha value is -1.10. The summed E-state index contributed by atoms with van der Waals surface area (Å²) in [4.78, 5) is 29.0. The van der Waals surface area contributed by atoms with Crippen LogP contribution in [0.2, 0.25) is 0 Å². The van der Waals surface area contributed by atoms with Gasteiger partial charge in [-0.15, -0.1) is 0 Å². The normalized spacial score (nSPS) is 26.1. The number of nitrogens with one attached hydrogen (secondary N) is 1. The van der Waals surface area contributed by atoms with Gasteiger partial charge in [0.15, 0.2) is 0 Å². The van der Waals surface area contributed by atoms with Crippen LogP contribution in [0.4, 0.5) is 0 Å². The third kappa shape index (κ3) is 3.96. The standard InChI is InChI=1S/C16H29N3O2/c1-4-8-18-9-5-13(6-10-18)19-11-7-14(20)17-15(12(2)3)16(19)21/h12-13,15H,4-11H2,1-3H3,(H,17,20). The lowest BCUT2D eigenvalue weighted by molar-refractivity contribution is -0.137. The van der Waals surface area contributed by atoms with Gasteiger partial charge in [0.05, 0.1) is 0 Å². The van der Waals surface area contributed by atoms with Crippen molar-refractivity contribution >= 4 is 11.8 Å². The molecule has 0 aromatic carbocycles. The summed E-state index contributed by atoms with van der Waals surface area (Å²) in [5, 5.41) is 2.89. The molecule has 0 saturated carbocycles. The predicted octanol–water partition coefficient (Wildman–Crippen LogP) is 1.23. The van der Waals surface area contributed by atoms with E-state index in [1.165, 1.54) is 6.42 Å². The highest BCUT2D eigenvalue weighted by molar-refractivity contribution is 5.90. The van der Waals surface area contributed by atoms with Crippen LogP contribution in [0.15, 0.2) is 0 Å². The van der Waals surface area contributed by atoms with Gasteiger partial charge in [-0.1, -0.05) is 20.8 Å². The fraction of sp³-hybridized carbons (Fsp3) is 0.875. The summed E-state index contributed by atoms with van der Waals surface area (Å²) in [5.74, 6) is 0.264. The lowest BCUT2D eigenvalue weighted by atomic mass is 9.99. The van der Waals surface area contributed by atoms with Gasteiger partial charge in [-0.05, 0) is 31.7 Å². The third-order valence-electron chi connectivity index (χ3n) is 4.65. The Balaban J connectivity index is 2.01. The summed E-state index contributed by atoms with van der Waals surface area (Å²) >= 11 is 0. The van der Waals surface area contributed by atoms with Gasteiger partial charge >= 0.3 is 0 Å². The van der Waals surface area contributed by atoms with E-state index in [9.17, 15) is 9.59 Å². The quantitative estimate of drug-likeness (QED) is 0.849. The second kappa shape index (κ2) is 7.25. The van der Waals surface area contributed by atoms with Crippen molar-refractivity contribution in [3.05, 3.63) is 0 Å². The van der Waals surface area contributed by atoms with Gasteiger partial charge in [0.1, 0.15) is 6.04 Å². The van der Waals surface area contributed by atoms with Crippen LogP contribution in [-0.4, -0.2) is 59.9 Å². The van der Waals surface area contributed by atoms with Crippen molar-refractivity contribution in [2.45, 2.75) is 58.5 Å². The highest BCUT2D eigenvalue weighted by Crippen LogP contribution is 2.21. The van der Waals surface area contributed by atoms with E-state index in [4.69, 9.17) is 0 Å². The highest BCUT2D eigenvalue weighted by atomic mass is 16.2. The van der Waals surface area contributed by atoms with Crippen molar-refractivity contribution in [3.63, 3.8) is 0 Å². The Labute approximate surface area is 128 Å². The van der Waals surface area contributed by atoms with E-state index in [1.807, 2.05) is 18.7 Å².